The van der Waals surface area contributed by atoms with Crippen LogP contribution in [0.2, 0.25) is 0 Å². The molecule has 0 saturated heterocycles. The van der Waals surface area contributed by atoms with Gasteiger partial charge in [0.15, 0.2) is 5.17 Å². The molecule has 0 aliphatic rings. The maximum atomic E-state index is 8.30. The maximum absolute atomic E-state index is 8.30. The summed E-state index contributed by atoms with van der Waals surface area (Å²) in [6.45, 7) is 4.00. The molecule has 4 heteroatoms. The molecular formula is C9H11BrClNO. The summed E-state index contributed by atoms with van der Waals surface area (Å²) >= 11 is 8.80. The third-order valence-electron chi connectivity index (χ3n) is 1.17. The summed E-state index contributed by atoms with van der Waals surface area (Å²) in [5.74, 6) is 0. The highest BCUT2D eigenvalue weighted by molar-refractivity contribution is 9.10. The van der Waals surface area contributed by atoms with Crippen LogP contribution in [-0.2, 0) is 0 Å². The van der Waals surface area contributed by atoms with Crippen LogP contribution in [-0.4, -0.2) is 10.4 Å². The molecule has 1 aromatic carbocycles. The first kappa shape index (κ1) is 12.5. The van der Waals surface area contributed by atoms with E-state index in [1.165, 1.54) is 0 Å². The Morgan fingerprint density at radius 1 is 1.31 bits per heavy atom. The lowest BCUT2D eigenvalue weighted by atomic mass is 10.2. The number of halogens is 2. The fraction of sp³-hybridized carbons (Fsp3) is 0.222. The van der Waals surface area contributed by atoms with Crippen LogP contribution in [0.4, 0.5) is 0 Å². The lowest BCUT2D eigenvalue weighted by Crippen LogP contribution is -1.89. The van der Waals surface area contributed by atoms with Crippen molar-refractivity contribution in [3.8, 4) is 0 Å². The Balaban J connectivity index is 0.000000671. The molecular weight excluding hydrogens is 253 g/mol. The highest BCUT2D eigenvalue weighted by Gasteiger charge is 1.97. The minimum Gasteiger partial charge on any atom is -0.410 e. The molecule has 0 aromatic heterocycles. The molecule has 0 amide bonds. The van der Waals surface area contributed by atoms with Crippen LogP contribution in [0.3, 0.4) is 0 Å². The minimum atomic E-state index is 0.0949. The second-order valence-electron chi connectivity index (χ2n) is 1.90. The molecule has 1 rings (SSSR count). The van der Waals surface area contributed by atoms with Gasteiger partial charge >= 0.3 is 0 Å². The lowest BCUT2D eigenvalue weighted by Gasteiger charge is -1.94. The van der Waals surface area contributed by atoms with Crippen molar-refractivity contribution in [3.63, 3.8) is 0 Å². The van der Waals surface area contributed by atoms with Crippen molar-refractivity contribution in [2.75, 3.05) is 0 Å². The molecule has 0 radical (unpaired) electrons. The molecule has 0 unspecified atom stereocenters. The average Bonchev–Trinajstić information content (AvgIpc) is 2.21. The average molecular weight is 265 g/mol. The number of benzene rings is 1. The van der Waals surface area contributed by atoms with Crippen LogP contribution in [0.25, 0.3) is 0 Å². The van der Waals surface area contributed by atoms with Gasteiger partial charge in [-0.1, -0.05) is 58.7 Å². The van der Waals surface area contributed by atoms with Crippen LogP contribution in [0, 0.1) is 0 Å². The standard InChI is InChI=1S/C7H5BrClNO.C2H6/c8-6-3-1-5(2-4-6)7(9)10-11;1-2/h1-4,11H;1-2H3/b10-7-;. The Morgan fingerprint density at radius 3 is 2.15 bits per heavy atom. The third-order valence-corrected chi connectivity index (χ3v) is 1.99. The maximum Gasteiger partial charge on any atom is 0.175 e. The quantitative estimate of drug-likeness (QED) is 0.466. The Labute approximate surface area is 91.3 Å². The van der Waals surface area contributed by atoms with Crippen LogP contribution < -0.4 is 0 Å². The van der Waals surface area contributed by atoms with Gasteiger partial charge in [-0.25, -0.2) is 0 Å². The first-order valence-electron chi connectivity index (χ1n) is 3.87. The molecule has 1 aromatic rings. The van der Waals surface area contributed by atoms with E-state index in [9.17, 15) is 0 Å². The minimum absolute atomic E-state index is 0.0949. The zero-order valence-corrected chi connectivity index (χ0v) is 9.80. The molecule has 0 saturated carbocycles. The fourth-order valence-electron chi connectivity index (χ4n) is 0.645. The Kier molecular flexibility index (Phi) is 6.63. The molecule has 1 N–H and O–H groups in total. The zero-order valence-electron chi connectivity index (χ0n) is 7.46. The molecule has 2 nitrogen and oxygen atoms in total. The van der Waals surface area contributed by atoms with E-state index in [1.54, 1.807) is 12.1 Å². The van der Waals surface area contributed by atoms with E-state index in [4.69, 9.17) is 16.8 Å². The summed E-state index contributed by atoms with van der Waals surface area (Å²) in [5.41, 5.74) is 0.692. The number of nitrogens with zero attached hydrogens (tertiary/aromatic N) is 1. The van der Waals surface area contributed by atoms with Gasteiger partial charge in [-0.15, -0.1) is 0 Å². The van der Waals surface area contributed by atoms with Gasteiger partial charge in [0.2, 0.25) is 0 Å². The van der Waals surface area contributed by atoms with E-state index < -0.39 is 0 Å². The number of hydrogen-bond donors (Lipinski definition) is 1. The summed E-state index contributed by atoms with van der Waals surface area (Å²) in [6.07, 6.45) is 0. The lowest BCUT2D eigenvalue weighted by molar-refractivity contribution is 0.321. The van der Waals surface area contributed by atoms with E-state index >= 15 is 0 Å². The topological polar surface area (TPSA) is 32.6 Å². The summed E-state index contributed by atoms with van der Waals surface area (Å²) in [6, 6.07) is 7.16. The van der Waals surface area contributed by atoms with Crippen molar-refractivity contribution >= 4 is 32.7 Å². The van der Waals surface area contributed by atoms with E-state index in [2.05, 4.69) is 21.1 Å². The highest BCUT2D eigenvalue weighted by atomic mass is 79.9. The predicted molar refractivity (Wildman–Crippen MR) is 59.7 cm³/mol. The Hall–Kier alpha value is -0.540. The first-order chi connectivity index (χ1) is 6.24. The smallest absolute Gasteiger partial charge is 0.175 e. The van der Waals surface area contributed by atoms with Crippen LogP contribution in [0.15, 0.2) is 33.9 Å². The van der Waals surface area contributed by atoms with Gasteiger partial charge in [-0.05, 0) is 12.1 Å². The molecule has 0 aliphatic heterocycles. The molecule has 0 aliphatic carbocycles. The van der Waals surface area contributed by atoms with Crippen LogP contribution in [0.1, 0.15) is 19.4 Å². The van der Waals surface area contributed by atoms with Crippen LogP contribution in [0.5, 0.6) is 0 Å². The van der Waals surface area contributed by atoms with Crippen molar-refractivity contribution < 1.29 is 5.21 Å². The third kappa shape index (κ3) is 4.29. The van der Waals surface area contributed by atoms with Gasteiger partial charge in [0, 0.05) is 10.0 Å². The number of rotatable bonds is 1. The molecule has 0 bridgehead atoms. The van der Waals surface area contributed by atoms with Gasteiger partial charge in [-0.2, -0.15) is 0 Å². The van der Waals surface area contributed by atoms with Crippen molar-refractivity contribution in [2.45, 2.75) is 13.8 Å². The van der Waals surface area contributed by atoms with Crippen molar-refractivity contribution in [3.05, 3.63) is 34.3 Å². The van der Waals surface area contributed by atoms with Gasteiger partial charge in [0.05, 0.1) is 0 Å². The molecule has 0 fully saturated rings. The summed E-state index contributed by atoms with van der Waals surface area (Å²) in [4.78, 5) is 0. The van der Waals surface area contributed by atoms with E-state index in [-0.39, 0.29) is 5.17 Å². The zero-order chi connectivity index (χ0) is 10.3. The van der Waals surface area contributed by atoms with Gasteiger partial charge in [0.25, 0.3) is 0 Å². The monoisotopic (exact) mass is 263 g/mol. The first-order valence-corrected chi connectivity index (χ1v) is 5.04. The van der Waals surface area contributed by atoms with Crippen molar-refractivity contribution in [1.82, 2.24) is 0 Å². The van der Waals surface area contributed by atoms with E-state index in [1.807, 2.05) is 26.0 Å². The Bertz CT molecular complexity index is 271. The SMILES string of the molecule is CC.O/N=C(\Cl)c1ccc(Br)cc1. The number of hydrogen-bond acceptors (Lipinski definition) is 2. The second-order valence-corrected chi connectivity index (χ2v) is 3.17. The van der Waals surface area contributed by atoms with Crippen molar-refractivity contribution in [2.24, 2.45) is 5.16 Å². The number of oxime groups is 1. The van der Waals surface area contributed by atoms with Gasteiger partial charge < -0.3 is 5.21 Å². The molecule has 0 heterocycles. The van der Waals surface area contributed by atoms with Gasteiger partial charge in [0.1, 0.15) is 0 Å². The van der Waals surface area contributed by atoms with E-state index in [0.29, 0.717) is 5.56 Å². The second kappa shape index (κ2) is 6.92. The van der Waals surface area contributed by atoms with E-state index in [0.717, 1.165) is 4.47 Å². The predicted octanol–water partition coefficient (Wildman–Crippen LogP) is 3.85. The summed E-state index contributed by atoms with van der Waals surface area (Å²) in [7, 11) is 0. The highest BCUT2D eigenvalue weighted by Crippen LogP contribution is 2.12. The Morgan fingerprint density at radius 2 is 1.77 bits per heavy atom. The van der Waals surface area contributed by atoms with Gasteiger partial charge in [-0.3, -0.25) is 0 Å². The largest absolute Gasteiger partial charge is 0.410 e. The fourth-order valence-corrected chi connectivity index (χ4v) is 1.04. The molecule has 13 heavy (non-hydrogen) atoms. The normalized spacial score (nSPS) is 10.3. The summed E-state index contributed by atoms with van der Waals surface area (Å²) in [5, 5.41) is 11.3. The summed E-state index contributed by atoms with van der Waals surface area (Å²) < 4.78 is 0.962. The molecule has 72 valence electrons. The van der Waals surface area contributed by atoms with Crippen molar-refractivity contribution in [1.29, 1.82) is 0 Å². The molecule has 0 atom stereocenters. The molecule has 0 spiro atoms. The van der Waals surface area contributed by atoms with Crippen LogP contribution >= 0.6 is 27.5 Å².